The van der Waals surface area contributed by atoms with E-state index in [9.17, 15) is 14.4 Å². The number of nitrogens with zero attached hydrogens (tertiary/aromatic N) is 2. The van der Waals surface area contributed by atoms with Gasteiger partial charge in [-0.05, 0) is 44.6 Å². The Morgan fingerprint density at radius 3 is 2.34 bits per heavy atom. The van der Waals surface area contributed by atoms with Crippen molar-refractivity contribution in [3.8, 4) is 0 Å². The number of nitrogens with one attached hydrogen (secondary N) is 1. The normalized spacial score (nSPS) is 15.0. The van der Waals surface area contributed by atoms with Gasteiger partial charge in [0.25, 0.3) is 11.5 Å². The maximum Gasteiger partial charge on any atom is 0.279 e. The van der Waals surface area contributed by atoms with Crippen molar-refractivity contribution < 1.29 is 9.59 Å². The molecule has 1 N–H and O–H groups in total. The summed E-state index contributed by atoms with van der Waals surface area (Å²) in [5.41, 5.74) is 2.74. The summed E-state index contributed by atoms with van der Waals surface area (Å²) < 4.78 is 0. The lowest BCUT2D eigenvalue weighted by Gasteiger charge is -2.31. The highest BCUT2D eigenvalue weighted by atomic mass is 16.2. The van der Waals surface area contributed by atoms with Gasteiger partial charge in [0.05, 0.1) is 5.69 Å². The van der Waals surface area contributed by atoms with Crippen LogP contribution in [-0.2, 0) is 6.42 Å². The minimum Gasteiger partial charge on any atom is -0.337 e. The largest absolute Gasteiger partial charge is 0.337 e. The first-order valence-electron chi connectivity index (χ1n) is 10.3. The number of aromatic nitrogens is 2. The first kappa shape index (κ1) is 21.0. The molecule has 0 atom stereocenters. The van der Waals surface area contributed by atoms with Gasteiger partial charge < -0.3 is 9.88 Å². The van der Waals surface area contributed by atoms with Gasteiger partial charge in [-0.2, -0.15) is 0 Å². The minimum absolute atomic E-state index is 0.0707. The highest BCUT2D eigenvalue weighted by Crippen LogP contribution is 2.23. The lowest BCUT2D eigenvalue weighted by atomic mass is 9.88. The SMILES string of the molecule is Cc1nc(C(=O)N2CCC(C(=O)c3ccc(CC(C)C)cc3)CC2)c(=O)[nH]c1C. The van der Waals surface area contributed by atoms with Gasteiger partial charge in [0, 0.05) is 30.3 Å². The molecule has 0 radical (unpaired) electrons. The van der Waals surface area contributed by atoms with Crippen molar-refractivity contribution in [3.63, 3.8) is 0 Å². The summed E-state index contributed by atoms with van der Waals surface area (Å²) in [6, 6.07) is 7.89. The Kier molecular flexibility index (Phi) is 6.30. The molecule has 6 heteroatoms. The Labute approximate surface area is 171 Å². The number of amides is 1. The number of H-pyrrole nitrogens is 1. The number of carbonyl (C=O) groups excluding carboxylic acids is 2. The molecule has 1 aromatic carbocycles. The third-order valence-electron chi connectivity index (χ3n) is 5.58. The average molecular weight is 396 g/mol. The summed E-state index contributed by atoms with van der Waals surface area (Å²) in [7, 11) is 0. The predicted molar refractivity (Wildman–Crippen MR) is 112 cm³/mol. The van der Waals surface area contributed by atoms with Crippen LogP contribution >= 0.6 is 0 Å². The third kappa shape index (κ3) is 4.81. The van der Waals surface area contributed by atoms with Crippen LogP contribution in [0.4, 0.5) is 0 Å². The zero-order valence-electron chi connectivity index (χ0n) is 17.6. The fraction of sp³-hybridized carbons (Fsp3) is 0.478. The number of piperidine rings is 1. The molecule has 1 fully saturated rings. The molecule has 1 aromatic heterocycles. The number of aryl methyl sites for hydroxylation is 2. The first-order chi connectivity index (χ1) is 13.8. The van der Waals surface area contributed by atoms with Crippen LogP contribution in [0.25, 0.3) is 0 Å². The Hall–Kier alpha value is -2.76. The van der Waals surface area contributed by atoms with E-state index < -0.39 is 5.56 Å². The van der Waals surface area contributed by atoms with Crippen LogP contribution in [0.5, 0.6) is 0 Å². The maximum atomic E-state index is 12.8. The zero-order chi connectivity index (χ0) is 21.1. The molecule has 1 aliphatic heterocycles. The fourth-order valence-electron chi connectivity index (χ4n) is 3.77. The maximum absolute atomic E-state index is 12.8. The number of hydrogen-bond acceptors (Lipinski definition) is 4. The molecule has 1 saturated heterocycles. The van der Waals surface area contributed by atoms with Gasteiger partial charge in [-0.25, -0.2) is 4.98 Å². The van der Waals surface area contributed by atoms with Crippen molar-refractivity contribution in [2.45, 2.75) is 47.0 Å². The number of rotatable bonds is 5. The number of hydrogen-bond donors (Lipinski definition) is 1. The molecule has 2 heterocycles. The number of carbonyl (C=O) groups is 2. The molecule has 1 amide bonds. The van der Waals surface area contributed by atoms with Crippen molar-refractivity contribution in [2.75, 3.05) is 13.1 Å². The average Bonchev–Trinajstić information content (AvgIpc) is 2.70. The topological polar surface area (TPSA) is 83.1 Å². The van der Waals surface area contributed by atoms with Gasteiger partial charge in [-0.1, -0.05) is 38.1 Å². The van der Waals surface area contributed by atoms with Crippen LogP contribution in [0.1, 0.15) is 64.5 Å². The molecule has 29 heavy (non-hydrogen) atoms. The molecule has 6 nitrogen and oxygen atoms in total. The van der Waals surface area contributed by atoms with E-state index in [0.29, 0.717) is 43.2 Å². The van der Waals surface area contributed by atoms with Crippen molar-refractivity contribution in [3.05, 3.63) is 62.8 Å². The number of Topliss-reactive ketones (excluding diaryl/α,β-unsaturated/α-hetero) is 1. The second kappa shape index (κ2) is 8.72. The molecule has 1 aliphatic rings. The second-order valence-corrected chi connectivity index (χ2v) is 8.35. The van der Waals surface area contributed by atoms with Crippen LogP contribution in [-0.4, -0.2) is 39.6 Å². The monoisotopic (exact) mass is 395 g/mol. The van der Waals surface area contributed by atoms with Crippen molar-refractivity contribution in [1.29, 1.82) is 0 Å². The molecular weight excluding hydrogens is 366 g/mol. The molecule has 154 valence electrons. The molecule has 2 aromatic rings. The van der Waals surface area contributed by atoms with Gasteiger partial charge in [0.1, 0.15) is 0 Å². The molecular formula is C23H29N3O3. The van der Waals surface area contributed by atoms with Gasteiger partial charge in [0.2, 0.25) is 0 Å². The summed E-state index contributed by atoms with van der Waals surface area (Å²) in [5.74, 6) is 0.257. The van der Waals surface area contributed by atoms with Gasteiger partial charge >= 0.3 is 0 Å². The van der Waals surface area contributed by atoms with Crippen molar-refractivity contribution in [2.24, 2.45) is 11.8 Å². The molecule has 0 aliphatic carbocycles. The smallest absolute Gasteiger partial charge is 0.279 e. The van der Waals surface area contributed by atoms with E-state index in [-0.39, 0.29) is 23.3 Å². The highest BCUT2D eigenvalue weighted by molar-refractivity contribution is 5.98. The Bertz CT molecular complexity index is 952. The standard InChI is InChI=1S/C23H29N3O3/c1-14(2)13-17-5-7-18(8-6-17)21(27)19-9-11-26(12-10-19)23(29)20-22(28)25-16(4)15(3)24-20/h5-8,14,19H,9-13H2,1-4H3,(H,25,28). The summed E-state index contributed by atoms with van der Waals surface area (Å²) in [6.07, 6.45) is 2.20. The molecule has 0 spiro atoms. The predicted octanol–water partition coefficient (Wildman–Crippen LogP) is 3.32. The van der Waals surface area contributed by atoms with E-state index >= 15 is 0 Å². The number of ketones is 1. The lowest BCUT2D eigenvalue weighted by molar-refractivity contribution is 0.0643. The van der Waals surface area contributed by atoms with Crippen molar-refractivity contribution >= 4 is 11.7 Å². The van der Waals surface area contributed by atoms with Crippen LogP contribution in [0.15, 0.2) is 29.1 Å². The highest BCUT2D eigenvalue weighted by Gasteiger charge is 2.30. The fourth-order valence-corrected chi connectivity index (χ4v) is 3.77. The summed E-state index contributed by atoms with van der Waals surface area (Å²) in [6.45, 7) is 8.78. The van der Waals surface area contributed by atoms with E-state index in [0.717, 1.165) is 12.0 Å². The van der Waals surface area contributed by atoms with E-state index in [1.807, 2.05) is 24.3 Å². The van der Waals surface area contributed by atoms with Crippen LogP contribution in [0.3, 0.4) is 0 Å². The van der Waals surface area contributed by atoms with Crippen LogP contribution in [0.2, 0.25) is 0 Å². The summed E-state index contributed by atoms with van der Waals surface area (Å²) in [4.78, 5) is 46.1. The number of benzene rings is 1. The summed E-state index contributed by atoms with van der Waals surface area (Å²) >= 11 is 0. The van der Waals surface area contributed by atoms with E-state index in [4.69, 9.17) is 0 Å². The Balaban J connectivity index is 1.63. The van der Waals surface area contributed by atoms with Gasteiger partial charge in [-0.15, -0.1) is 0 Å². The zero-order valence-corrected chi connectivity index (χ0v) is 17.6. The third-order valence-corrected chi connectivity index (χ3v) is 5.58. The van der Waals surface area contributed by atoms with Gasteiger partial charge in [0.15, 0.2) is 11.5 Å². The van der Waals surface area contributed by atoms with Gasteiger partial charge in [-0.3, -0.25) is 14.4 Å². The quantitative estimate of drug-likeness (QED) is 0.787. The Morgan fingerprint density at radius 1 is 1.14 bits per heavy atom. The molecule has 3 rings (SSSR count). The molecule has 0 unspecified atom stereocenters. The van der Waals surface area contributed by atoms with E-state index in [2.05, 4.69) is 23.8 Å². The van der Waals surface area contributed by atoms with Crippen LogP contribution < -0.4 is 5.56 Å². The summed E-state index contributed by atoms with van der Waals surface area (Å²) in [5, 5.41) is 0. The molecule has 0 bridgehead atoms. The van der Waals surface area contributed by atoms with E-state index in [1.165, 1.54) is 5.56 Å². The first-order valence-corrected chi connectivity index (χ1v) is 10.3. The van der Waals surface area contributed by atoms with E-state index in [1.54, 1.807) is 18.7 Å². The molecule has 0 saturated carbocycles. The second-order valence-electron chi connectivity index (χ2n) is 8.35. The lowest BCUT2D eigenvalue weighted by Crippen LogP contribution is -2.42. The number of aromatic amines is 1. The Morgan fingerprint density at radius 2 is 1.76 bits per heavy atom. The van der Waals surface area contributed by atoms with Crippen molar-refractivity contribution in [1.82, 2.24) is 14.9 Å². The minimum atomic E-state index is -0.460. The van der Waals surface area contributed by atoms with Crippen LogP contribution in [0, 0.1) is 25.7 Å². The number of likely N-dealkylation sites (tertiary alicyclic amines) is 1.